The largest absolute Gasteiger partial charge is 0.468 e. The van der Waals surface area contributed by atoms with E-state index in [1.807, 2.05) is 0 Å². The molecule has 0 aliphatic heterocycles. The lowest BCUT2D eigenvalue weighted by molar-refractivity contribution is -0.155. The van der Waals surface area contributed by atoms with Gasteiger partial charge in [-0.05, 0) is 17.7 Å². The van der Waals surface area contributed by atoms with E-state index in [9.17, 15) is 35.9 Å². The van der Waals surface area contributed by atoms with Crippen LogP contribution in [0.15, 0.2) is 18.2 Å². The Bertz CT molecular complexity index is 589. The summed E-state index contributed by atoms with van der Waals surface area (Å²) in [6.07, 6.45) is -10.2. The monoisotopic (exact) mass is 344 g/mol. The normalized spacial score (nSPS) is 12.2. The fourth-order valence-corrected chi connectivity index (χ4v) is 1.82. The van der Waals surface area contributed by atoms with Crippen molar-refractivity contribution in [1.82, 2.24) is 0 Å². The van der Waals surface area contributed by atoms with E-state index in [1.165, 1.54) is 0 Å². The van der Waals surface area contributed by atoms with Gasteiger partial charge in [-0.15, -0.1) is 0 Å². The van der Waals surface area contributed by atoms with Crippen LogP contribution in [0.1, 0.15) is 22.6 Å². The van der Waals surface area contributed by atoms with Crippen molar-refractivity contribution >= 4 is 11.9 Å². The van der Waals surface area contributed by atoms with E-state index in [0.29, 0.717) is 12.1 Å². The molecule has 1 aromatic carbocycles. The van der Waals surface area contributed by atoms with Gasteiger partial charge in [0.2, 0.25) is 0 Å². The average Bonchev–Trinajstić information content (AvgIpc) is 2.45. The zero-order valence-electron chi connectivity index (χ0n) is 11.7. The van der Waals surface area contributed by atoms with Crippen molar-refractivity contribution in [1.29, 1.82) is 0 Å². The first kappa shape index (κ1) is 18.8. The second kappa shape index (κ2) is 6.47. The maximum Gasteiger partial charge on any atom is 0.416 e. The smallest absolute Gasteiger partial charge is 0.416 e. The number of hydrogen-bond acceptors (Lipinski definition) is 4. The number of carbonyl (C=O) groups excluding carboxylic acids is 2. The minimum absolute atomic E-state index is 0.172. The molecule has 0 amide bonds. The van der Waals surface area contributed by atoms with Gasteiger partial charge in [-0.3, -0.25) is 9.59 Å². The number of alkyl halides is 6. The van der Waals surface area contributed by atoms with Gasteiger partial charge in [-0.1, -0.05) is 6.07 Å². The molecule has 0 heterocycles. The van der Waals surface area contributed by atoms with Gasteiger partial charge in [0.05, 0.1) is 25.3 Å². The Balaban J connectivity index is 3.61. The number of esters is 2. The Kier molecular flexibility index (Phi) is 5.28. The maximum atomic E-state index is 13.0. The highest BCUT2D eigenvalue weighted by atomic mass is 19.4. The number of benzene rings is 1. The van der Waals surface area contributed by atoms with Crippen molar-refractivity contribution in [2.45, 2.75) is 18.3 Å². The molecule has 10 heteroatoms. The number of ether oxygens (including phenoxy) is 2. The van der Waals surface area contributed by atoms with Crippen LogP contribution in [0.4, 0.5) is 26.3 Å². The van der Waals surface area contributed by atoms with Crippen LogP contribution in [-0.4, -0.2) is 26.2 Å². The summed E-state index contributed by atoms with van der Waals surface area (Å²) in [4.78, 5) is 23.1. The number of halogens is 6. The van der Waals surface area contributed by atoms with Crippen molar-refractivity contribution in [2.75, 3.05) is 14.2 Å². The van der Waals surface area contributed by atoms with E-state index >= 15 is 0 Å². The van der Waals surface area contributed by atoms with Crippen LogP contribution in [0.2, 0.25) is 0 Å². The molecule has 0 N–H and O–H groups in total. The molecular formula is C13H10F6O4. The number of hydrogen-bond donors (Lipinski definition) is 0. The Labute approximate surface area is 126 Å². The highest BCUT2D eigenvalue weighted by Gasteiger charge is 2.43. The predicted octanol–water partition coefficient (Wildman–Crippen LogP) is 3.15. The number of methoxy groups -OCH3 is 2. The molecule has 23 heavy (non-hydrogen) atoms. The zero-order chi connectivity index (χ0) is 18.0. The van der Waals surface area contributed by atoms with E-state index in [0.717, 1.165) is 14.2 Å². The molecule has 0 bridgehead atoms. The molecule has 0 fully saturated rings. The standard InChI is InChI=1S/C13H10F6O4/c1-22-10(20)9(11(21)23-2)7-4-3-6(12(14,15)16)5-8(7)13(17,18)19/h3-5,9H,1-2H3. The molecule has 0 aliphatic rings. The second-order valence-electron chi connectivity index (χ2n) is 4.28. The van der Waals surface area contributed by atoms with Crippen molar-refractivity contribution in [2.24, 2.45) is 0 Å². The van der Waals surface area contributed by atoms with Gasteiger partial charge >= 0.3 is 24.3 Å². The minimum Gasteiger partial charge on any atom is -0.468 e. The molecule has 0 spiro atoms. The molecule has 128 valence electrons. The van der Waals surface area contributed by atoms with Gasteiger partial charge < -0.3 is 9.47 Å². The lowest BCUT2D eigenvalue weighted by Crippen LogP contribution is -2.27. The van der Waals surface area contributed by atoms with Gasteiger partial charge in [0, 0.05) is 0 Å². The summed E-state index contributed by atoms with van der Waals surface area (Å²) in [7, 11) is 1.63. The van der Waals surface area contributed by atoms with Crippen molar-refractivity contribution in [3.05, 3.63) is 34.9 Å². The van der Waals surface area contributed by atoms with Crippen LogP contribution >= 0.6 is 0 Å². The average molecular weight is 344 g/mol. The summed E-state index contributed by atoms with van der Waals surface area (Å²) in [6, 6.07) is 0.571. The summed E-state index contributed by atoms with van der Waals surface area (Å²) in [5.74, 6) is -4.92. The number of rotatable bonds is 3. The fourth-order valence-electron chi connectivity index (χ4n) is 1.82. The van der Waals surface area contributed by atoms with E-state index < -0.39 is 46.9 Å². The van der Waals surface area contributed by atoms with Crippen LogP contribution in [-0.2, 0) is 31.4 Å². The summed E-state index contributed by atoms with van der Waals surface area (Å²) in [6.45, 7) is 0. The van der Waals surface area contributed by atoms with E-state index in [4.69, 9.17) is 0 Å². The molecule has 0 radical (unpaired) electrons. The molecule has 0 saturated heterocycles. The molecule has 0 aromatic heterocycles. The maximum absolute atomic E-state index is 13.0. The van der Waals surface area contributed by atoms with Crippen molar-refractivity contribution < 1.29 is 45.4 Å². The molecule has 4 nitrogen and oxygen atoms in total. The SMILES string of the molecule is COC(=O)C(C(=O)OC)c1ccc(C(F)(F)F)cc1C(F)(F)F. The van der Waals surface area contributed by atoms with E-state index in [1.54, 1.807) is 0 Å². The Hall–Kier alpha value is -2.26. The van der Waals surface area contributed by atoms with Crippen LogP contribution < -0.4 is 0 Å². The topological polar surface area (TPSA) is 52.6 Å². The molecule has 0 unspecified atom stereocenters. The lowest BCUT2D eigenvalue weighted by Gasteiger charge is -2.20. The molecular weight excluding hydrogens is 334 g/mol. The molecule has 0 atom stereocenters. The second-order valence-corrected chi connectivity index (χ2v) is 4.28. The van der Waals surface area contributed by atoms with E-state index in [2.05, 4.69) is 9.47 Å². The Morgan fingerprint density at radius 3 is 1.74 bits per heavy atom. The zero-order valence-corrected chi connectivity index (χ0v) is 11.7. The third-order valence-corrected chi connectivity index (χ3v) is 2.87. The third-order valence-electron chi connectivity index (χ3n) is 2.87. The van der Waals surface area contributed by atoms with Crippen LogP contribution in [0.3, 0.4) is 0 Å². The third kappa shape index (κ3) is 4.14. The van der Waals surface area contributed by atoms with Crippen molar-refractivity contribution in [3.63, 3.8) is 0 Å². The van der Waals surface area contributed by atoms with Crippen LogP contribution in [0.25, 0.3) is 0 Å². The summed E-state index contributed by atoms with van der Waals surface area (Å²) < 4.78 is 85.3. The highest BCUT2D eigenvalue weighted by molar-refractivity contribution is 6.01. The lowest BCUT2D eigenvalue weighted by atomic mass is 9.92. The summed E-state index contributed by atoms with van der Waals surface area (Å²) in [5.41, 5.74) is -4.32. The van der Waals surface area contributed by atoms with Crippen molar-refractivity contribution in [3.8, 4) is 0 Å². The molecule has 0 aliphatic carbocycles. The number of carbonyl (C=O) groups is 2. The van der Waals surface area contributed by atoms with Crippen LogP contribution in [0, 0.1) is 0 Å². The molecule has 0 saturated carbocycles. The Morgan fingerprint density at radius 2 is 1.39 bits per heavy atom. The van der Waals surface area contributed by atoms with Gasteiger partial charge in [0.1, 0.15) is 0 Å². The molecule has 1 aromatic rings. The van der Waals surface area contributed by atoms with Gasteiger partial charge in [-0.25, -0.2) is 0 Å². The predicted molar refractivity (Wildman–Crippen MR) is 63.2 cm³/mol. The minimum atomic E-state index is -5.23. The quantitative estimate of drug-likeness (QED) is 0.480. The highest BCUT2D eigenvalue weighted by Crippen LogP contribution is 2.40. The van der Waals surface area contributed by atoms with E-state index in [-0.39, 0.29) is 6.07 Å². The molecule has 1 rings (SSSR count). The fraction of sp³-hybridized carbons (Fsp3) is 0.385. The Morgan fingerprint density at radius 1 is 0.913 bits per heavy atom. The van der Waals surface area contributed by atoms with Gasteiger partial charge in [0.15, 0.2) is 5.92 Å². The summed E-state index contributed by atoms with van der Waals surface area (Å²) in [5, 5.41) is 0. The van der Waals surface area contributed by atoms with Crippen LogP contribution in [0.5, 0.6) is 0 Å². The van der Waals surface area contributed by atoms with Gasteiger partial charge in [-0.2, -0.15) is 26.3 Å². The first-order valence-electron chi connectivity index (χ1n) is 5.87. The summed E-state index contributed by atoms with van der Waals surface area (Å²) >= 11 is 0. The first-order chi connectivity index (χ1) is 10.4. The first-order valence-corrected chi connectivity index (χ1v) is 5.87. The van der Waals surface area contributed by atoms with Gasteiger partial charge in [0.25, 0.3) is 0 Å².